The van der Waals surface area contributed by atoms with E-state index in [1.165, 1.54) is 33.7 Å². The molecular weight excluding hydrogens is 386 g/mol. The van der Waals surface area contributed by atoms with E-state index in [-0.39, 0.29) is 22.4 Å². The number of hydrogen-bond acceptors (Lipinski definition) is 7. The first-order valence-corrected chi connectivity index (χ1v) is 8.46. The van der Waals surface area contributed by atoms with Gasteiger partial charge >= 0.3 is 5.82 Å². The minimum Gasteiger partial charge on any atom is -0.358 e. The van der Waals surface area contributed by atoms with Gasteiger partial charge < -0.3 is 10.1 Å². The third-order valence-electron chi connectivity index (χ3n) is 4.06. The molecule has 0 aliphatic rings. The van der Waals surface area contributed by atoms with Crippen molar-refractivity contribution in [1.82, 2.24) is 19.3 Å². The number of aromatic nitrogens is 4. The second-order valence-electron chi connectivity index (χ2n) is 5.96. The number of rotatable bonds is 5. The van der Waals surface area contributed by atoms with Crippen LogP contribution in [0.2, 0.25) is 5.02 Å². The van der Waals surface area contributed by atoms with E-state index in [0.717, 1.165) is 11.8 Å². The van der Waals surface area contributed by atoms with Crippen LogP contribution in [0.3, 0.4) is 0 Å². The molecule has 0 saturated carbocycles. The van der Waals surface area contributed by atoms with Crippen molar-refractivity contribution < 1.29 is 4.92 Å². The van der Waals surface area contributed by atoms with Crippen molar-refractivity contribution in [2.45, 2.75) is 6.92 Å². The maximum atomic E-state index is 12.6. The fourth-order valence-electron chi connectivity index (χ4n) is 2.42. The topological polar surface area (TPSA) is 111 Å². The number of nitro groups is 1. The summed E-state index contributed by atoms with van der Waals surface area (Å²) in [7, 11) is 3.08. The molecule has 144 valence electrons. The number of aryl methyl sites for hydroxylation is 1. The molecule has 3 aromatic rings. The zero-order valence-electron chi connectivity index (χ0n) is 15.3. The molecule has 11 heteroatoms. The molecule has 0 radical (unpaired) electrons. The fourth-order valence-corrected chi connectivity index (χ4v) is 2.68. The Hall–Kier alpha value is -3.53. The largest absolute Gasteiger partial charge is 0.358 e. The van der Waals surface area contributed by atoms with Gasteiger partial charge in [-0.1, -0.05) is 29.3 Å². The first-order valence-electron chi connectivity index (χ1n) is 8.08. The molecule has 0 aliphatic heterocycles. The van der Waals surface area contributed by atoms with Gasteiger partial charge in [-0.05, 0) is 24.0 Å². The SMILES string of the molecule is Cc1ccc(-n2ncc(N(C)/N=C/c3ncc([N+](=O)[O-])n3C)c(Cl)c2=O)cc1. The summed E-state index contributed by atoms with van der Waals surface area (Å²) in [4.78, 5) is 26.8. The Morgan fingerprint density at radius 3 is 2.57 bits per heavy atom. The van der Waals surface area contributed by atoms with Crippen molar-refractivity contribution in [3.63, 3.8) is 0 Å². The lowest BCUT2D eigenvalue weighted by Gasteiger charge is -2.14. The lowest BCUT2D eigenvalue weighted by atomic mass is 10.2. The van der Waals surface area contributed by atoms with Gasteiger partial charge in [0, 0.05) is 7.05 Å². The third kappa shape index (κ3) is 3.62. The van der Waals surface area contributed by atoms with Gasteiger partial charge in [0.15, 0.2) is 0 Å². The highest BCUT2D eigenvalue weighted by molar-refractivity contribution is 6.33. The highest BCUT2D eigenvalue weighted by Gasteiger charge is 2.16. The van der Waals surface area contributed by atoms with Gasteiger partial charge in [0.2, 0.25) is 5.82 Å². The van der Waals surface area contributed by atoms with Crippen LogP contribution in [0.25, 0.3) is 5.69 Å². The highest BCUT2D eigenvalue weighted by atomic mass is 35.5. The zero-order valence-corrected chi connectivity index (χ0v) is 16.0. The molecule has 28 heavy (non-hydrogen) atoms. The predicted molar refractivity (Wildman–Crippen MR) is 105 cm³/mol. The van der Waals surface area contributed by atoms with E-state index in [9.17, 15) is 14.9 Å². The number of anilines is 1. The Morgan fingerprint density at radius 1 is 1.29 bits per heavy atom. The average Bonchev–Trinajstić information content (AvgIpc) is 3.03. The number of hydrazone groups is 1. The molecule has 0 spiro atoms. The minimum atomic E-state index is -0.542. The van der Waals surface area contributed by atoms with Crippen molar-refractivity contribution in [2.75, 3.05) is 12.1 Å². The van der Waals surface area contributed by atoms with E-state index in [0.29, 0.717) is 5.69 Å². The van der Waals surface area contributed by atoms with Crippen molar-refractivity contribution in [1.29, 1.82) is 0 Å². The van der Waals surface area contributed by atoms with Crippen LogP contribution in [0.5, 0.6) is 0 Å². The summed E-state index contributed by atoms with van der Waals surface area (Å²) in [5, 5.41) is 20.5. The minimum absolute atomic E-state index is 0.0546. The average molecular weight is 402 g/mol. The van der Waals surface area contributed by atoms with E-state index in [4.69, 9.17) is 11.6 Å². The van der Waals surface area contributed by atoms with E-state index in [1.807, 2.05) is 19.1 Å². The van der Waals surface area contributed by atoms with Crippen molar-refractivity contribution in [2.24, 2.45) is 12.1 Å². The molecule has 0 saturated heterocycles. The molecule has 2 heterocycles. The van der Waals surface area contributed by atoms with Crippen LogP contribution in [0.15, 0.2) is 46.6 Å². The molecule has 10 nitrogen and oxygen atoms in total. The van der Waals surface area contributed by atoms with Gasteiger partial charge in [-0.3, -0.25) is 9.80 Å². The van der Waals surface area contributed by atoms with Crippen LogP contribution in [0.1, 0.15) is 11.4 Å². The van der Waals surface area contributed by atoms with Crippen LogP contribution < -0.4 is 10.6 Å². The van der Waals surface area contributed by atoms with E-state index >= 15 is 0 Å². The zero-order chi connectivity index (χ0) is 20.4. The van der Waals surface area contributed by atoms with Gasteiger partial charge in [0.25, 0.3) is 5.56 Å². The quantitative estimate of drug-likeness (QED) is 0.368. The lowest BCUT2D eigenvalue weighted by molar-refractivity contribution is -0.391. The van der Waals surface area contributed by atoms with Gasteiger partial charge in [0.05, 0.1) is 18.9 Å². The van der Waals surface area contributed by atoms with Gasteiger partial charge in [-0.2, -0.15) is 14.9 Å². The second-order valence-corrected chi connectivity index (χ2v) is 6.33. The molecule has 0 amide bonds. The molecule has 0 N–H and O–H groups in total. The van der Waals surface area contributed by atoms with Crippen LogP contribution in [-0.2, 0) is 7.05 Å². The van der Waals surface area contributed by atoms with E-state index in [2.05, 4.69) is 15.2 Å². The molecule has 0 atom stereocenters. The summed E-state index contributed by atoms with van der Waals surface area (Å²) < 4.78 is 2.48. The van der Waals surface area contributed by atoms with E-state index < -0.39 is 10.5 Å². The molecular formula is C17H16ClN7O3. The van der Waals surface area contributed by atoms with Crippen molar-refractivity contribution in [3.05, 3.63) is 73.5 Å². The predicted octanol–water partition coefficient (Wildman–Crippen LogP) is 2.31. The third-order valence-corrected chi connectivity index (χ3v) is 4.42. The number of benzene rings is 1. The second kappa shape index (κ2) is 7.61. The standard InChI is InChI=1S/C17H16ClN7O3/c1-11-4-6-12(7-5-11)24-17(26)16(18)13(8-21-24)23(3)20-9-14-19-10-15(22(14)2)25(27)28/h4-10H,1-3H3/b20-9+. The molecule has 3 rings (SSSR count). The van der Waals surface area contributed by atoms with Crippen LogP contribution >= 0.6 is 11.6 Å². The molecule has 1 aromatic carbocycles. The molecule has 0 aliphatic carbocycles. The number of halogens is 1. The van der Waals surface area contributed by atoms with Gasteiger partial charge in [-0.15, -0.1) is 0 Å². The first-order chi connectivity index (χ1) is 13.3. The maximum absolute atomic E-state index is 12.6. The van der Waals surface area contributed by atoms with Crippen LogP contribution in [-0.4, -0.2) is 37.5 Å². The smallest absolute Gasteiger partial charge is 0.342 e. The first kappa shape index (κ1) is 19.2. The Morgan fingerprint density at radius 2 is 1.96 bits per heavy atom. The van der Waals surface area contributed by atoms with Gasteiger partial charge in [-0.25, -0.2) is 9.55 Å². The molecule has 2 aromatic heterocycles. The monoisotopic (exact) mass is 401 g/mol. The van der Waals surface area contributed by atoms with Crippen molar-refractivity contribution >= 4 is 29.3 Å². The molecule has 0 fully saturated rings. The van der Waals surface area contributed by atoms with Crippen LogP contribution in [0.4, 0.5) is 11.5 Å². The Bertz CT molecular complexity index is 1120. The Kier molecular flexibility index (Phi) is 5.23. The summed E-state index contributed by atoms with van der Waals surface area (Å²) in [5.41, 5.74) is 1.45. The fraction of sp³-hybridized carbons (Fsp3) is 0.176. The van der Waals surface area contributed by atoms with Crippen molar-refractivity contribution in [3.8, 4) is 5.69 Å². The van der Waals surface area contributed by atoms with Crippen LogP contribution in [0, 0.1) is 17.0 Å². The summed E-state index contributed by atoms with van der Waals surface area (Å²) in [6.45, 7) is 1.94. The lowest BCUT2D eigenvalue weighted by Crippen LogP contribution is -2.24. The van der Waals surface area contributed by atoms with E-state index in [1.54, 1.807) is 19.2 Å². The molecule has 0 unspecified atom stereocenters. The highest BCUT2D eigenvalue weighted by Crippen LogP contribution is 2.21. The summed E-state index contributed by atoms with van der Waals surface area (Å²) in [6, 6.07) is 7.28. The number of hydrogen-bond donors (Lipinski definition) is 0. The molecule has 0 bridgehead atoms. The number of imidazole rings is 1. The maximum Gasteiger partial charge on any atom is 0.342 e. The Balaban J connectivity index is 1.89. The Labute approximate surface area is 164 Å². The normalized spacial score (nSPS) is 11.1. The number of nitrogens with zero attached hydrogens (tertiary/aromatic N) is 7. The summed E-state index contributed by atoms with van der Waals surface area (Å²) >= 11 is 6.23. The summed E-state index contributed by atoms with van der Waals surface area (Å²) in [6.07, 6.45) is 3.88. The summed E-state index contributed by atoms with van der Waals surface area (Å²) in [5.74, 6) is 0.111. The van der Waals surface area contributed by atoms with Gasteiger partial charge in [0.1, 0.15) is 23.1 Å².